The molecule has 0 atom stereocenters. The number of aliphatic hydroxyl groups is 1. The second-order valence-electron chi connectivity index (χ2n) is 14.0. The van der Waals surface area contributed by atoms with Gasteiger partial charge in [0.2, 0.25) is 0 Å². The first-order valence-corrected chi connectivity index (χ1v) is 18.9. The van der Waals surface area contributed by atoms with E-state index in [2.05, 4.69) is 71.7 Å². The summed E-state index contributed by atoms with van der Waals surface area (Å²) < 4.78 is 31.7. The fourth-order valence-electron chi connectivity index (χ4n) is 6.53. The Morgan fingerprint density at radius 2 is 1.72 bits per heavy atom. The second kappa shape index (κ2) is 14.5. The highest BCUT2D eigenvalue weighted by Gasteiger charge is 2.38. The third-order valence-electron chi connectivity index (χ3n) is 9.73. The van der Waals surface area contributed by atoms with E-state index in [0.717, 1.165) is 79.4 Å². The predicted molar refractivity (Wildman–Crippen MR) is 192 cm³/mol. The summed E-state index contributed by atoms with van der Waals surface area (Å²) in [5, 5.41) is 21.3. The third kappa shape index (κ3) is 8.33. The first-order valence-electron chi connectivity index (χ1n) is 17.4. The van der Waals surface area contributed by atoms with E-state index in [9.17, 15) is 13.5 Å². The summed E-state index contributed by atoms with van der Waals surface area (Å²) in [6.45, 7) is 8.16. The Hall–Kier alpha value is -4.35. The number of nitrogens with one attached hydrogen (secondary N) is 2. The van der Waals surface area contributed by atoms with Gasteiger partial charge in [0.25, 0.3) is 10.0 Å². The smallest absolute Gasteiger partial charge is 0.256 e. The molecule has 4 aromatic rings. The van der Waals surface area contributed by atoms with Gasteiger partial charge < -0.3 is 20.5 Å². The molecule has 0 amide bonds. The number of rotatable bonds is 10. The molecule has 2 saturated carbocycles. The van der Waals surface area contributed by atoms with Crippen LogP contribution in [0.3, 0.4) is 0 Å². The first kappa shape index (κ1) is 34.1. The van der Waals surface area contributed by atoms with Gasteiger partial charge in [0.15, 0.2) is 5.82 Å². The minimum atomic E-state index is -3.49. The van der Waals surface area contributed by atoms with Crippen molar-refractivity contribution < 1.29 is 18.3 Å². The highest BCUT2D eigenvalue weighted by Crippen LogP contribution is 2.35. The maximum absolute atomic E-state index is 12.6. The fraction of sp³-hybridized carbons (Fsp3) is 0.459. The van der Waals surface area contributed by atoms with Gasteiger partial charge >= 0.3 is 0 Å². The molecule has 0 radical (unpaired) electrons. The Morgan fingerprint density at radius 1 is 0.960 bits per heavy atom. The van der Waals surface area contributed by atoms with Crippen molar-refractivity contribution in [3.8, 4) is 23.2 Å². The summed E-state index contributed by atoms with van der Waals surface area (Å²) in [5.41, 5.74) is 3.65. The molecule has 3 aromatic heterocycles. The molecule has 3 aliphatic rings. The van der Waals surface area contributed by atoms with E-state index in [1.54, 1.807) is 18.5 Å². The van der Waals surface area contributed by atoms with Crippen LogP contribution < -0.4 is 10.6 Å². The van der Waals surface area contributed by atoms with Gasteiger partial charge in [-0.15, -0.1) is 0 Å². The number of nitrogens with zero attached hydrogens (tertiary/aromatic N) is 6. The van der Waals surface area contributed by atoms with Gasteiger partial charge in [0, 0.05) is 49.7 Å². The van der Waals surface area contributed by atoms with Crippen LogP contribution >= 0.6 is 0 Å². The summed E-state index contributed by atoms with van der Waals surface area (Å²) in [7, 11) is -3.49. The average Bonchev–Trinajstić information content (AvgIpc) is 3.86. The summed E-state index contributed by atoms with van der Waals surface area (Å²) in [6, 6.07) is 12.3. The number of anilines is 3. The molecule has 3 N–H and O–H groups in total. The van der Waals surface area contributed by atoms with Crippen LogP contribution in [0.25, 0.3) is 11.4 Å². The maximum Gasteiger partial charge on any atom is 0.256 e. The Balaban J connectivity index is 1.09. The minimum Gasteiger partial charge on any atom is -0.390 e. The van der Waals surface area contributed by atoms with Crippen molar-refractivity contribution in [2.75, 3.05) is 36.9 Å². The zero-order valence-electron chi connectivity index (χ0n) is 28.5. The van der Waals surface area contributed by atoms with E-state index >= 15 is 0 Å². The van der Waals surface area contributed by atoms with Crippen LogP contribution in [-0.2, 0) is 21.3 Å². The van der Waals surface area contributed by atoms with E-state index in [1.165, 1.54) is 18.0 Å². The van der Waals surface area contributed by atoms with Gasteiger partial charge in [0.1, 0.15) is 11.6 Å². The molecule has 0 unspecified atom stereocenters. The molecule has 0 spiro atoms. The summed E-state index contributed by atoms with van der Waals surface area (Å²) in [6.07, 6.45) is 11.4. The lowest BCUT2D eigenvalue weighted by Gasteiger charge is -2.36. The van der Waals surface area contributed by atoms with Crippen LogP contribution in [0, 0.1) is 17.8 Å². The van der Waals surface area contributed by atoms with E-state index in [4.69, 9.17) is 4.74 Å². The van der Waals surface area contributed by atoms with Crippen molar-refractivity contribution in [2.24, 2.45) is 5.92 Å². The Bertz CT molecular complexity index is 1960. The lowest BCUT2D eigenvalue weighted by atomic mass is 9.77. The van der Waals surface area contributed by atoms with Crippen LogP contribution in [0.4, 0.5) is 17.3 Å². The van der Waals surface area contributed by atoms with Crippen LogP contribution in [0.15, 0.2) is 61.2 Å². The molecule has 50 heavy (non-hydrogen) atoms. The highest BCUT2D eigenvalue weighted by atomic mass is 32.2. The van der Waals surface area contributed by atoms with Gasteiger partial charge in [-0.3, -0.25) is 4.90 Å². The maximum atomic E-state index is 12.6. The standard InChI is InChI=1S/C37H44N8O4S/c1-37(2,46)30-9-11-31(12-10-30)41-33-21-35(39-22-28(33)8-7-26-3-5-27(6-4-26)24-44-17-19-49-20-18-44)42-34-15-16-38-36(43-34)29-23-40-45(25-29)50(47,48)32-13-14-32/h3-6,15-16,21-23,25,30-32,46H,9-14,17-20,24H2,1-2H3,(H2,38,39,41,42,43). The number of ether oxygens (including phenoxy) is 1. The van der Waals surface area contributed by atoms with Crippen LogP contribution in [0.2, 0.25) is 0 Å². The number of hydrogen-bond acceptors (Lipinski definition) is 11. The monoisotopic (exact) mass is 696 g/mol. The quantitative estimate of drug-likeness (QED) is 0.197. The highest BCUT2D eigenvalue weighted by molar-refractivity contribution is 7.90. The minimum absolute atomic E-state index is 0.234. The summed E-state index contributed by atoms with van der Waals surface area (Å²) in [4.78, 5) is 16.0. The normalized spacial score (nSPS) is 20.1. The van der Waals surface area contributed by atoms with E-state index in [1.807, 2.05) is 19.9 Å². The number of pyridine rings is 1. The van der Waals surface area contributed by atoms with Gasteiger partial charge in [-0.05, 0) is 82.1 Å². The van der Waals surface area contributed by atoms with E-state index < -0.39 is 15.6 Å². The van der Waals surface area contributed by atoms with Gasteiger partial charge in [-0.1, -0.05) is 24.0 Å². The molecule has 4 heterocycles. The van der Waals surface area contributed by atoms with Crippen LogP contribution in [0.1, 0.15) is 69.1 Å². The van der Waals surface area contributed by atoms with Crippen molar-refractivity contribution in [1.82, 2.24) is 29.0 Å². The Labute approximate surface area is 293 Å². The van der Waals surface area contributed by atoms with Crippen LogP contribution in [0.5, 0.6) is 0 Å². The van der Waals surface area contributed by atoms with Crippen molar-refractivity contribution in [2.45, 2.75) is 75.8 Å². The molecule has 1 aromatic carbocycles. The summed E-state index contributed by atoms with van der Waals surface area (Å²) in [5.74, 6) is 8.38. The van der Waals surface area contributed by atoms with Crippen molar-refractivity contribution in [3.63, 3.8) is 0 Å². The van der Waals surface area contributed by atoms with Crippen molar-refractivity contribution >= 4 is 27.3 Å². The second-order valence-corrected chi connectivity index (χ2v) is 16.1. The third-order valence-corrected chi connectivity index (χ3v) is 11.8. The molecule has 262 valence electrons. The molecule has 2 aliphatic carbocycles. The Kier molecular flexibility index (Phi) is 9.88. The zero-order chi connectivity index (χ0) is 34.7. The largest absolute Gasteiger partial charge is 0.390 e. The topological polar surface area (TPSA) is 147 Å². The fourth-order valence-corrected chi connectivity index (χ4v) is 8.01. The molecule has 13 heteroatoms. The molecule has 1 aliphatic heterocycles. The number of aromatic nitrogens is 5. The number of benzene rings is 1. The number of morpholine rings is 1. The number of hydrogen-bond donors (Lipinski definition) is 3. The lowest BCUT2D eigenvalue weighted by molar-refractivity contribution is -0.000395. The van der Waals surface area contributed by atoms with Crippen molar-refractivity contribution in [1.29, 1.82) is 0 Å². The van der Waals surface area contributed by atoms with Gasteiger partial charge in [0.05, 0.1) is 53.3 Å². The molecule has 0 bridgehead atoms. The molecule has 3 fully saturated rings. The zero-order valence-corrected chi connectivity index (χ0v) is 29.4. The van der Waals surface area contributed by atoms with Gasteiger partial charge in [-0.2, -0.15) is 9.19 Å². The molecule has 12 nitrogen and oxygen atoms in total. The van der Waals surface area contributed by atoms with Gasteiger partial charge in [-0.25, -0.2) is 23.4 Å². The lowest BCUT2D eigenvalue weighted by Crippen LogP contribution is -2.37. The predicted octanol–water partition coefficient (Wildman–Crippen LogP) is 4.79. The molecule has 7 rings (SSSR count). The average molecular weight is 697 g/mol. The molecular weight excluding hydrogens is 653 g/mol. The van der Waals surface area contributed by atoms with E-state index in [0.29, 0.717) is 35.9 Å². The molecule has 1 saturated heterocycles. The first-order chi connectivity index (χ1) is 24.1. The van der Waals surface area contributed by atoms with Crippen molar-refractivity contribution in [3.05, 3.63) is 77.9 Å². The summed E-state index contributed by atoms with van der Waals surface area (Å²) >= 11 is 0. The Morgan fingerprint density at radius 3 is 2.44 bits per heavy atom. The SMILES string of the molecule is CC(C)(O)C1CCC(Nc2cc(Nc3ccnc(-c4cnn(S(=O)(=O)C5CC5)c4)n3)ncc2C#Cc2ccc(CN3CCOCC3)cc2)CC1. The van der Waals surface area contributed by atoms with E-state index in [-0.39, 0.29) is 17.2 Å². The van der Waals surface area contributed by atoms with Crippen LogP contribution in [-0.4, -0.2) is 85.8 Å². The molecular formula is C37H44N8O4S.